The van der Waals surface area contributed by atoms with Gasteiger partial charge in [0, 0.05) is 43.5 Å². The number of carbonyl (C=O) groups is 3. The molecule has 212 valence electrons. The summed E-state index contributed by atoms with van der Waals surface area (Å²) in [6, 6.07) is 12.5. The fraction of sp³-hybridized carbons (Fsp3) is 0.414. The summed E-state index contributed by atoms with van der Waals surface area (Å²) in [4.78, 5) is 45.8. The molecule has 3 aliphatic heterocycles. The number of rotatable bonds is 7. The first-order valence-electron chi connectivity index (χ1n) is 13.5. The van der Waals surface area contributed by atoms with Crippen LogP contribution in [0, 0.1) is 0 Å². The summed E-state index contributed by atoms with van der Waals surface area (Å²) < 4.78 is 27.7. The van der Waals surface area contributed by atoms with Crippen LogP contribution in [0.5, 0.6) is 0 Å². The number of anilines is 1. The highest BCUT2D eigenvalue weighted by atomic mass is 32.2. The Kier molecular flexibility index (Phi) is 7.32. The van der Waals surface area contributed by atoms with Gasteiger partial charge in [-0.25, -0.2) is 8.42 Å². The van der Waals surface area contributed by atoms with Crippen LogP contribution in [0.4, 0.5) is 5.69 Å². The molecule has 0 unspecified atom stereocenters. The Hall–Kier alpha value is -3.54. The quantitative estimate of drug-likeness (QED) is 0.311. The fourth-order valence-electron chi connectivity index (χ4n) is 6.00. The van der Waals surface area contributed by atoms with Crippen molar-refractivity contribution in [2.24, 2.45) is 0 Å². The number of sulfonamides is 1. The second-order valence-electron chi connectivity index (χ2n) is 10.7. The Morgan fingerprint density at radius 3 is 2.27 bits per heavy atom. The zero-order valence-corrected chi connectivity index (χ0v) is 23.8. The van der Waals surface area contributed by atoms with Crippen molar-refractivity contribution < 1.29 is 27.9 Å². The second kappa shape index (κ2) is 10.5. The molecule has 0 aromatic heterocycles. The van der Waals surface area contributed by atoms with Gasteiger partial charge in [-0.2, -0.15) is 4.31 Å². The van der Waals surface area contributed by atoms with Gasteiger partial charge < -0.3 is 19.8 Å². The molecular weight excluding hydrogens is 532 g/mol. The number of hydrogen-bond donors (Lipinski definition) is 1. The third-order valence-corrected chi connectivity index (χ3v) is 9.92. The Bertz CT molecular complexity index is 1490. The van der Waals surface area contributed by atoms with Gasteiger partial charge in [-0.05, 0) is 70.2 Å². The van der Waals surface area contributed by atoms with Gasteiger partial charge in [-0.1, -0.05) is 24.6 Å². The van der Waals surface area contributed by atoms with Crippen LogP contribution in [0.1, 0.15) is 36.8 Å². The van der Waals surface area contributed by atoms with E-state index in [4.69, 9.17) is 0 Å². The average molecular weight is 567 g/mol. The summed E-state index contributed by atoms with van der Waals surface area (Å²) in [7, 11) is 1.66. The van der Waals surface area contributed by atoms with Crippen molar-refractivity contribution in [1.82, 2.24) is 14.1 Å². The van der Waals surface area contributed by atoms with Crippen LogP contribution >= 0.6 is 0 Å². The molecular formula is C29H34N4O6S. The van der Waals surface area contributed by atoms with Crippen LogP contribution in [-0.2, 0) is 29.9 Å². The van der Waals surface area contributed by atoms with E-state index in [1.165, 1.54) is 38.4 Å². The number of ketones is 1. The predicted molar refractivity (Wildman–Crippen MR) is 150 cm³/mol. The van der Waals surface area contributed by atoms with Gasteiger partial charge in [0.1, 0.15) is 5.76 Å². The van der Waals surface area contributed by atoms with Gasteiger partial charge in [0.25, 0.3) is 17.6 Å². The highest BCUT2D eigenvalue weighted by molar-refractivity contribution is 7.89. The van der Waals surface area contributed by atoms with E-state index >= 15 is 0 Å². The van der Waals surface area contributed by atoms with Crippen molar-refractivity contribution in [3.63, 3.8) is 0 Å². The van der Waals surface area contributed by atoms with Crippen molar-refractivity contribution in [1.29, 1.82) is 0 Å². The van der Waals surface area contributed by atoms with E-state index in [0.717, 1.165) is 19.3 Å². The number of hydrogen-bond acceptors (Lipinski definition) is 7. The normalized spacial score (nSPS) is 23.1. The molecule has 0 bridgehead atoms. The molecule has 10 nitrogen and oxygen atoms in total. The van der Waals surface area contributed by atoms with Crippen LogP contribution in [0.15, 0.2) is 59.0 Å². The lowest BCUT2D eigenvalue weighted by molar-refractivity contribution is -0.143. The molecule has 3 aliphatic rings. The number of para-hydroxylation sites is 1. The van der Waals surface area contributed by atoms with Crippen molar-refractivity contribution in [2.45, 2.75) is 36.1 Å². The molecule has 2 amide bonds. The lowest BCUT2D eigenvalue weighted by Gasteiger charge is -2.34. The molecule has 2 saturated heterocycles. The maximum atomic E-state index is 14.0. The van der Waals surface area contributed by atoms with Gasteiger partial charge in [-0.15, -0.1) is 0 Å². The van der Waals surface area contributed by atoms with E-state index in [-0.39, 0.29) is 22.6 Å². The molecule has 2 fully saturated rings. The zero-order chi connectivity index (χ0) is 28.8. The lowest BCUT2D eigenvalue weighted by Crippen LogP contribution is -2.51. The molecule has 2 aromatic rings. The topological polar surface area (TPSA) is 119 Å². The SMILES string of the molecule is CN(C)CCCN1C(=O)C(=O)C(=C(O)c2ccc(S(=O)(=O)N3CCCCC3)cc2)[C@]12C(=O)N(C)c1ccccc12. The monoisotopic (exact) mass is 566 g/mol. The third kappa shape index (κ3) is 4.23. The van der Waals surface area contributed by atoms with Crippen molar-refractivity contribution in [3.05, 3.63) is 65.2 Å². The molecule has 1 spiro atoms. The number of carbonyl (C=O) groups excluding carboxylic acids is 3. The summed E-state index contributed by atoms with van der Waals surface area (Å²) in [6.07, 6.45) is 3.10. The number of nitrogens with zero attached hydrogens (tertiary/aromatic N) is 4. The summed E-state index contributed by atoms with van der Waals surface area (Å²) in [5, 5.41) is 11.6. The third-order valence-electron chi connectivity index (χ3n) is 8.01. The molecule has 2 aromatic carbocycles. The predicted octanol–water partition coefficient (Wildman–Crippen LogP) is 2.37. The van der Waals surface area contributed by atoms with E-state index in [1.807, 2.05) is 19.0 Å². The van der Waals surface area contributed by atoms with Crippen LogP contribution in [0.25, 0.3) is 5.76 Å². The highest BCUT2D eigenvalue weighted by Gasteiger charge is 2.66. The lowest BCUT2D eigenvalue weighted by atomic mass is 9.82. The van der Waals surface area contributed by atoms with E-state index in [1.54, 1.807) is 31.3 Å². The van der Waals surface area contributed by atoms with Gasteiger partial charge in [-0.3, -0.25) is 14.4 Å². The van der Waals surface area contributed by atoms with Crippen LogP contribution < -0.4 is 4.90 Å². The Labute approximate surface area is 234 Å². The Morgan fingerprint density at radius 2 is 1.62 bits per heavy atom. The number of benzene rings is 2. The summed E-state index contributed by atoms with van der Waals surface area (Å²) >= 11 is 0. The number of aliphatic hydroxyl groups excluding tert-OH is 1. The number of aliphatic hydroxyl groups is 1. The molecule has 3 heterocycles. The molecule has 40 heavy (non-hydrogen) atoms. The smallest absolute Gasteiger partial charge is 0.296 e. The number of piperidine rings is 1. The van der Waals surface area contributed by atoms with E-state index in [0.29, 0.717) is 37.3 Å². The number of fused-ring (bicyclic) bond motifs is 2. The maximum absolute atomic E-state index is 14.0. The van der Waals surface area contributed by atoms with Crippen molar-refractivity contribution in [2.75, 3.05) is 52.2 Å². The minimum absolute atomic E-state index is 0.0758. The molecule has 0 aliphatic carbocycles. The Morgan fingerprint density at radius 1 is 0.975 bits per heavy atom. The number of likely N-dealkylation sites (tertiary alicyclic amines) is 1. The maximum Gasteiger partial charge on any atom is 0.296 e. The number of amides is 2. The summed E-state index contributed by atoms with van der Waals surface area (Å²) in [6.45, 7) is 1.66. The fourth-order valence-corrected chi connectivity index (χ4v) is 7.52. The number of Topliss-reactive ketones (excluding diaryl/α,β-unsaturated/α-hetero) is 1. The van der Waals surface area contributed by atoms with E-state index < -0.39 is 38.9 Å². The van der Waals surface area contributed by atoms with E-state index in [2.05, 4.69) is 0 Å². The Balaban J connectivity index is 1.63. The van der Waals surface area contributed by atoms with Crippen LogP contribution in [0.3, 0.4) is 0 Å². The summed E-state index contributed by atoms with van der Waals surface area (Å²) in [5.41, 5.74) is -1.01. The van der Waals surface area contributed by atoms with E-state index in [9.17, 15) is 27.9 Å². The van der Waals surface area contributed by atoms with Gasteiger partial charge in [0.05, 0.1) is 10.5 Å². The molecule has 1 N–H and O–H groups in total. The van der Waals surface area contributed by atoms with Gasteiger partial charge >= 0.3 is 0 Å². The first-order chi connectivity index (χ1) is 19.0. The molecule has 0 saturated carbocycles. The van der Waals surface area contributed by atoms with Crippen molar-refractivity contribution >= 4 is 39.1 Å². The largest absolute Gasteiger partial charge is 0.507 e. The average Bonchev–Trinajstić information content (AvgIpc) is 3.31. The first kappa shape index (κ1) is 28.0. The van der Waals surface area contributed by atoms with Gasteiger partial charge in [0.15, 0.2) is 5.54 Å². The minimum Gasteiger partial charge on any atom is -0.507 e. The molecule has 5 rings (SSSR count). The second-order valence-corrected chi connectivity index (χ2v) is 12.7. The number of likely N-dealkylation sites (N-methyl/N-ethyl adjacent to an activating group) is 1. The summed E-state index contributed by atoms with van der Waals surface area (Å²) in [5.74, 6) is -2.84. The minimum atomic E-state index is -3.71. The van der Waals surface area contributed by atoms with Gasteiger partial charge in [0.2, 0.25) is 10.0 Å². The first-order valence-corrected chi connectivity index (χ1v) is 14.9. The van der Waals surface area contributed by atoms with Crippen LogP contribution in [0.2, 0.25) is 0 Å². The van der Waals surface area contributed by atoms with Crippen molar-refractivity contribution in [3.8, 4) is 0 Å². The highest BCUT2D eigenvalue weighted by Crippen LogP contribution is 2.53. The zero-order valence-electron chi connectivity index (χ0n) is 23.0. The molecule has 0 radical (unpaired) electrons. The van der Waals surface area contributed by atoms with Crippen LogP contribution in [-0.4, -0.2) is 92.5 Å². The standard InChI is InChI=1S/C29H34N4O6S/c1-30(2)16-9-19-33-27(36)26(35)24(29(33)22-10-5-6-11-23(22)31(3)28(29)37)25(34)20-12-14-21(15-13-20)40(38,39)32-17-7-4-8-18-32/h5-6,10-15,34H,4,7-9,16-19H2,1-3H3/t29-/m1/s1. The molecule has 11 heteroatoms. The molecule has 1 atom stereocenters.